The summed E-state index contributed by atoms with van der Waals surface area (Å²) in [6.07, 6.45) is 0.718. The van der Waals surface area contributed by atoms with Crippen molar-refractivity contribution in [2.45, 2.75) is 32.0 Å². The maximum Gasteiger partial charge on any atom is 0.404 e. The van der Waals surface area contributed by atoms with Gasteiger partial charge in [-0.15, -0.1) is 6.42 Å². The Morgan fingerprint density at radius 1 is 1.65 bits per heavy atom. The first kappa shape index (κ1) is 13.8. The molecule has 0 spiro atoms. The molecule has 0 saturated carbocycles. The summed E-state index contributed by atoms with van der Waals surface area (Å²) in [6.45, 7) is 1.50. The predicted octanol–water partition coefficient (Wildman–Crippen LogP) is 1.06. The molecule has 1 aliphatic heterocycles. The van der Waals surface area contributed by atoms with Crippen molar-refractivity contribution in [3.05, 3.63) is 0 Å². The van der Waals surface area contributed by atoms with Crippen LogP contribution in [0.3, 0.4) is 0 Å². The van der Waals surface area contributed by atoms with E-state index < -0.39 is 23.5 Å². The number of hydrogen-bond acceptors (Lipinski definition) is 2. The van der Waals surface area contributed by atoms with E-state index in [4.69, 9.17) is 6.42 Å². The molecule has 1 heterocycles. The molecular formula is C11H15F3N2O. The Hall–Kier alpha value is -1.22. The molecule has 2 unspecified atom stereocenters. The van der Waals surface area contributed by atoms with Gasteiger partial charge in [0.1, 0.15) is 0 Å². The summed E-state index contributed by atoms with van der Waals surface area (Å²) in [7, 11) is 0. The van der Waals surface area contributed by atoms with Crippen LogP contribution in [0.4, 0.5) is 13.2 Å². The highest BCUT2D eigenvalue weighted by molar-refractivity contribution is 5.84. The number of terminal acetylenes is 1. The molecule has 0 bridgehead atoms. The lowest BCUT2D eigenvalue weighted by Crippen LogP contribution is -2.54. The molecule has 0 aromatic rings. The lowest BCUT2D eigenvalue weighted by atomic mass is 9.85. The van der Waals surface area contributed by atoms with Gasteiger partial charge in [-0.05, 0) is 19.4 Å². The third-order valence-corrected chi connectivity index (χ3v) is 3.05. The smallest absolute Gasteiger partial charge is 0.342 e. The first-order valence-corrected chi connectivity index (χ1v) is 5.42. The molecule has 1 saturated heterocycles. The summed E-state index contributed by atoms with van der Waals surface area (Å²) in [5.41, 5.74) is -2.34. The van der Waals surface area contributed by atoms with Crippen LogP contribution < -0.4 is 10.6 Å². The van der Waals surface area contributed by atoms with Gasteiger partial charge in [-0.3, -0.25) is 4.79 Å². The Morgan fingerprint density at radius 2 is 2.29 bits per heavy atom. The Labute approximate surface area is 98.1 Å². The van der Waals surface area contributed by atoms with E-state index in [1.807, 2.05) is 0 Å². The summed E-state index contributed by atoms with van der Waals surface area (Å²) in [5, 5.41) is 4.85. The molecule has 2 N–H and O–H groups in total. The molecule has 3 nitrogen and oxygen atoms in total. The number of halogens is 3. The van der Waals surface area contributed by atoms with Gasteiger partial charge in [-0.2, -0.15) is 13.2 Å². The fraction of sp³-hybridized carbons (Fsp3) is 0.727. The Balaban J connectivity index is 2.87. The minimum Gasteiger partial charge on any atom is -0.342 e. The van der Waals surface area contributed by atoms with Crippen LogP contribution in [0.2, 0.25) is 0 Å². The van der Waals surface area contributed by atoms with E-state index in [2.05, 4.69) is 16.6 Å². The fourth-order valence-corrected chi connectivity index (χ4v) is 1.81. The molecule has 0 aromatic heterocycles. The molecule has 1 rings (SSSR count). The Bertz CT molecular complexity index is 327. The number of amides is 1. The van der Waals surface area contributed by atoms with Crippen molar-refractivity contribution in [3.8, 4) is 12.3 Å². The van der Waals surface area contributed by atoms with E-state index >= 15 is 0 Å². The minimum atomic E-state index is -4.56. The quantitative estimate of drug-likeness (QED) is 0.733. The third-order valence-electron chi connectivity index (χ3n) is 3.05. The van der Waals surface area contributed by atoms with Gasteiger partial charge in [0.05, 0.1) is 6.04 Å². The molecule has 6 heteroatoms. The average Bonchev–Trinajstić information content (AvgIpc) is 2.74. The number of carbonyl (C=O) groups is 1. The van der Waals surface area contributed by atoms with Crippen LogP contribution in [0, 0.1) is 17.8 Å². The Kier molecular flexibility index (Phi) is 4.04. The second-order valence-corrected chi connectivity index (χ2v) is 4.11. The topological polar surface area (TPSA) is 41.1 Å². The van der Waals surface area contributed by atoms with Crippen molar-refractivity contribution >= 4 is 5.91 Å². The number of nitrogens with one attached hydrogen (secondary N) is 2. The first-order valence-electron chi connectivity index (χ1n) is 5.42. The van der Waals surface area contributed by atoms with E-state index in [1.54, 1.807) is 6.92 Å². The van der Waals surface area contributed by atoms with Crippen molar-refractivity contribution in [1.82, 2.24) is 10.6 Å². The number of hydrogen-bond donors (Lipinski definition) is 2. The van der Waals surface area contributed by atoms with Gasteiger partial charge in [0.2, 0.25) is 5.91 Å². The highest BCUT2D eigenvalue weighted by Crippen LogP contribution is 2.43. The molecule has 1 aliphatic rings. The zero-order valence-corrected chi connectivity index (χ0v) is 9.53. The van der Waals surface area contributed by atoms with E-state index in [9.17, 15) is 18.0 Å². The molecule has 0 aromatic carbocycles. The second kappa shape index (κ2) is 4.96. The van der Waals surface area contributed by atoms with Crippen LogP contribution in [0.25, 0.3) is 0 Å². The molecule has 17 heavy (non-hydrogen) atoms. The summed E-state index contributed by atoms with van der Waals surface area (Å²) in [4.78, 5) is 11.8. The van der Waals surface area contributed by atoms with Gasteiger partial charge in [0.25, 0.3) is 0 Å². The molecule has 0 aliphatic carbocycles. The van der Waals surface area contributed by atoms with Gasteiger partial charge in [-0.1, -0.05) is 12.8 Å². The zero-order valence-electron chi connectivity index (χ0n) is 9.53. The van der Waals surface area contributed by atoms with E-state index in [1.165, 1.54) is 0 Å². The lowest BCUT2D eigenvalue weighted by molar-refractivity contribution is -0.216. The van der Waals surface area contributed by atoms with Crippen LogP contribution in [0.5, 0.6) is 0 Å². The molecule has 2 atom stereocenters. The maximum atomic E-state index is 13.0. The van der Waals surface area contributed by atoms with Crippen LogP contribution >= 0.6 is 0 Å². The van der Waals surface area contributed by atoms with Crippen molar-refractivity contribution in [1.29, 1.82) is 0 Å². The van der Waals surface area contributed by atoms with Crippen LogP contribution in [-0.4, -0.2) is 31.2 Å². The third kappa shape index (κ3) is 2.55. The zero-order chi connectivity index (χ0) is 13.1. The number of carbonyl (C=O) groups excluding carboxylic acids is 1. The predicted molar refractivity (Wildman–Crippen MR) is 57.0 cm³/mol. The molecular weight excluding hydrogens is 233 g/mol. The van der Waals surface area contributed by atoms with Gasteiger partial charge in [0, 0.05) is 6.54 Å². The standard InChI is InChI=1S/C11H15F3N2O/c1-3-8(4-2)16-9(17)10(11(12,13)14)5-6-15-7-10/h1,8,15H,4-7H2,2H3,(H,16,17). The highest BCUT2D eigenvalue weighted by atomic mass is 19.4. The summed E-state index contributed by atoms with van der Waals surface area (Å²) >= 11 is 0. The minimum absolute atomic E-state index is 0.180. The van der Waals surface area contributed by atoms with E-state index in [-0.39, 0.29) is 19.5 Å². The van der Waals surface area contributed by atoms with Crippen molar-refractivity contribution in [2.24, 2.45) is 5.41 Å². The van der Waals surface area contributed by atoms with Gasteiger partial charge < -0.3 is 10.6 Å². The van der Waals surface area contributed by atoms with Crippen molar-refractivity contribution < 1.29 is 18.0 Å². The van der Waals surface area contributed by atoms with Gasteiger partial charge in [-0.25, -0.2) is 0 Å². The fourth-order valence-electron chi connectivity index (χ4n) is 1.81. The summed E-state index contributed by atoms with van der Waals surface area (Å²) in [6, 6.07) is -0.651. The average molecular weight is 248 g/mol. The number of alkyl halides is 3. The normalized spacial score (nSPS) is 26.3. The van der Waals surface area contributed by atoms with Gasteiger partial charge >= 0.3 is 6.18 Å². The van der Waals surface area contributed by atoms with E-state index in [0.717, 1.165) is 0 Å². The molecule has 0 radical (unpaired) electrons. The van der Waals surface area contributed by atoms with Crippen molar-refractivity contribution in [2.75, 3.05) is 13.1 Å². The van der Waals surface area contributed by atoms with Crippen LogP contribution in [-0.2, 0) is 4.79 Å². The Morgan fingerprint density at radius 3 is 2.65 bits per heavy atom. The second-order valence-electron chi connectivity index (χ2n) is 4.11. The summed E-state index contributed by atoms with van der Waals surface area (Å²) in [5.74, 6) is 1.23. The van der Waals surface area contributed by atoms with E-state index in [0.29, 0.717) is 6.42 Å². The monoisotopic (exact) mass is 248 g/mol. The van der Waals surface area contributed by atoms with Crippen molar-refractivity contribution in [3.63, 3.8) is 0 Å². The first-order chi connectivity index (χ1) is 7.87. The summed E-state index contributed by atoms with van der Waals surface area (Å²) < 4.78 is 38.9. The van der Waals surface area contributed by atoms with Crippen LogP contribution in [0.15, 0.2) is 0 Å². The molecule has 96 valence electrons. The van der Waals surface area contributed by atoms with Crippen LogP contribution in [0.1, 0.15) is 19.8 Å². The van der Waals surface area contributed by atoms with Gasteiger partial charge in [0.15, 0.2) is 5.41 Å². The number of rotatable bonds is 3. The highest BCUT2D eigenvalue weighted by Gasteiger charge is 2.61. The SMILES string of the molecule is C#CC(CC)NC(=O)C1(C(F)(F)F)CCNC1. The lowest BCUT2D eigenvalue weighted by Gasteiger charge is -2.30. The molecule has 1 fully saturated rings. The maximum absolute atomic E-state index is 13.0. The largest absolute Gasteiger partial charge is 0.404 e. The molecule has 1 amide bonds.